The van der Waals surface area contributed by atoms with Gasteiger partial charge in [-0.15, -0.1) is 0 Å². The average molecular weight is 575 g/mol. The summed E-state index contributed by atoms with van der Waals surface area (Å²) in [6, 6.07) is 21.3. The number of para-hydroxylation sites is 1. The first-order valence-corrected chi connectivity index (χ1v) is 14.5. The fourth-order valence-electron chi connectivity index (χ4n) is 5.58. The summed E-state index contributed by atoms with van der Waals surface area (Å²) in [5, 5.41) is 7.23. The lowest BCUT2D eigenvalue weighted by atomic mass is 10.0. The van der Waals surface area contributed by atoms with Gasteiger partial charge in [-0.3, -0.25) is 4.79 Å². The number of nitrogens with zero attached hydrogens (tertiary/aromatic N) is 2. The fraction of sp³-hybridized carbons (Fsp3) is 0.265. The molecule has 9 nitrogen and oxygen atoms in total. The summed E-state index contributed by atoms with van der Waals surface area (Å²) >= 11 is 0. The highest BCUT2D eigenvalue weighted by molar-refractivity contribution is 5.95. The van der Waals surface area contributed by atoms with E-state index < -0.39 is 12.1 Å². The van der Waals surface area contributed by atoms with Gasteiger partial charge < -0.3 is 30.2 Å². The summed E-state index contributed by atoms with van der Waals surface area (Å²) in [7, 11) is 1.30. The van der Waals surface area contributed by atoms with Crippen LogP contribution in [0, 0.1) is 17.8 Å². The molecule has 3 aromatic carbocycles. The van der Waals surface area contributed by atoms with E-state index in [4.69, 9.17) is 9.72 Å². The Morgan fingerprint density at radius 1 is 1.02 bits per heavy atom. The van der Waals surface area contributed by atoms with Crippen molar-refractivity contribution >= 4 is 45.3 Å². The van der Waals surface area contributed by atoms with Gasteiger partial charge in [0.25, 0.3) is 0 Å². The summed E-state index contributed by atoms with van der Waals surface area (Å²) in [6.07, 6.45) is 3.01. The summed E-state index contributed by atoms with van der Waals surface area (Å²) in [6.45, 7) is 4.42. The number of likely N-dealkylation sites (tertiary alicyclic amines) is 1. The monoisotopic (exact) mass is 574 g/mol. The van der Waals surface area contributed by atoms with Crippen LogP contribution in [0.1, 0.15) is 49.7 Å². The molecule has 0 bridgehead atoms. The Kier molecular flexibility index (Phi) is 7.75. The Labute approximate surface area is 250 Å². The largest absolute Gasteiger partial charge is 0.453 e. The maximum atomic E-state index is 13.5. The summed E-state index contributed by atoms with van der Waals surface area (Å²) in [5.41, 5.74) is 6.51. The molecule has 1 aliphatic heterocycles. The quantitative estimate of drug-likeness (QED) is 0.180. The van der Waals surface area contributed by atoms with Crippen molar-refractivity contribution in [3.63, 3.8) is 0 Å². The van der Waals surface area contributed by atoms with Gasteiger partial charge in [-0.05, 0) is 67.3 Å². The number of hydrogen-bond donors (Lipinski definition) is 4. The molecule has 1 aliphatic rings. The van der Waals surface area contributed by atoms with Crippen LogP contribution in [-0.2, 0) is 9.53 Å². The first-order chi connectivity index (χ1) is 20.9. The molecule has 0 spiro atoms. The van der Waals surface area contributed by atoms with Gasteiger partial charge >= 0.3 is 6.09 Å². The van der Waals surface area contributed by atoms with Gasteiger partial charge in [-0.25, -0.2) is 9.78 Å². The third-order valence-corrected chi connectivity index (χ3v) is 7.83. The van der Waals surface area contributed by atoms with E-state index in [2.05, 4.69) is 38.5 Å². The lowest BCUT2D eigenvalue weighted by Gasteiger charge is -2.29. The first kappa shape index (κ1) is 27.9. The first-order valence-electron chi connectivity index (χ1n) is 14.5. The molecule has 2 aromatic heterocycles. The van der Waals surface area contributed by atoms with Gasteiger partial charge in [0, 0.05) is 40.5 Å². The number of carbonyl (C=O) groups is 2. The number of aromatic nitrogens is 3. The van der Waals surface area contributed by atoms with Crippen molar-refractivity contribution < 1.29 is 14.3 Å². The lowest BCUT2D eigenvalue weighted by molar-refractivity contribution is -0.135. The lowest BCUT2D eigenvalue weighted by Crippen LogP contribution is -2.51. The van der Waals surface area contributed by atoms with Gasteiger partial charge in [-0.2, -0.15) is 0 Å². The van der Waals surface area contributed by atoms with Gasteiger partial charge in [-0.1, -0.05) is 43.9 Å². The van der Waals surface area contributed by atoms with Crippen molar-refractivity contribution in [1.29, 1.82) is 0 Å². The molecule has 43 heavy (non-hydrogen) atoms. The number of hydrogen-bond acceptors (Lipinski definition) is 5. The molecule has 2 atom stereocenters. The van der Waals surface area contributed by atoms with Crippen molar-refractivity contribution in [2.75, 3.05) is 19.0 Å². The fourth-order valence-corrected chi connectivity index (χ4v) is 5.58. The number of anilines is 2. The normalized spacial score (nSPS) is 15.3. The zero-order chi connectivity index (χ0) is 29.9. The van der Waals surface area contributed by atoms with E-state index in [1.54, 1.807) is 0 Å². The van der Waals surface area contributed by atoms with Crippen LogP contribution in [0.2, 0.25) is 0 Å². The highest BCUT2D eigenvalue weighted by Crippen LogP contribution is 2.33. The van der Waals surface area contributed by atoms with Crippen molar-refractivity contribution in [2.24, 2.45) is 5.92 Å². The van der Waals surface area contributed by atoms with Crippen LogP contribution in [0.5, 0.6) is 0 Å². The topological polar surface area (TPSA) is 115 Å². The van der Waals surface area contributed by atoms with Crippen LogP contribution < -0.4 is 10.6 Å². The predicted molar refractivity (Wildman–Crippen MR) is 168 cm³/mol. The molecular formula is C34H34N6O3. The zero-order valence-electron chi connectivity index (χ0n) is 24.4. The predicted octanol–water partition coefficient (Wildman–Crippen LogP) is 6.23. The maximum absolute atomic E-state index is 13.5. The van der Waals surface area contributed by atoms with E-state index in [1.165, 1.54) is 7.11 Å². The average Bonchev–Trinajstić information content (AvgIpc) is 3.77. The Morgan fingerprint density at radius 2 is 1.79 bits per heavy atom. The molecule has 1 saturated heterocycles. The standard InChI is InChI=1S/C34H34N6O3/c1-21(2)31(39-34(42)43-3)33(41)40-17-7-10-30(40)32-37-27-16-14-23(19-28(27)38-32)12-11-22-13-15-26-25(18-22)29(20-35-26)36-24-8-5-4-6-9-24/h4-6,8-9,13-16,18-21,30-31,35-36H,7,10,17H2,1-3H3,(H,37,38)(H,39,42)/t30-,31+/m1/s1. The molecule has 218 valence electrons. The Hall–Kier alpha value is -5.23. The number of ether oxygens (including phenoxy) is 1. The SMILES string of the molecule is COC(=O)N[C@H](C(=O)N1CCC[C@@H]1c1nc2ccc(C#Cc3ccc4[nH]cc(Nc5ccccc5)c4c3)cc2[nH]1)C(C)C. The third-order valence-electron chi connectivity index (χ3n) is 7.83. The highest BCUT2D eigenvalue weighted by Gasteiger charge is 2.37. The number of aromatic amines is 2. The molecule has 0 saturated carbocycles. The van der Waals surface area contributed by atoms with Gasteiger partial charge in [0.2, 0.25) is 5.91 Å². The van der Waals surface area contributed by atoms with Gasteiger partial charge in [0.1, 0.15) is 11.9 Å². The van der Waals surface area contributed by atoms with E-state index in [0.717, 1.165) is 63.1 Å². The molecule has 2 amide bonds. The Morgan fingerprint density at radius 3 is 2.56 bits per heavy atom. The second-order valence-electron chi connectivity index (χ2n) is 11.1. The minimum atomic E-state index is -0.671. The van der Waals surface area contributed by atoms with Crippen LogP contribution in [-0.4, -0.2) is 51.5 Å². The van der Waals surface area contributed by atoms with Crippen LogP contribution in [0.25, 0.3) is 21.9 Å². The second kappa shape index (κ2) is 11.9. The van der Waals surface area contributed by atoms with Crippen molar-refractivity contribution in [3.05, 3.63) is 89.9 Å². The Balaban J connectivity index is 1.22. The summed E-state index contributed by atoms with van der Waals surface area (Å²) < 4.78 is 4.74. The van der Waals surface area contributed by atoms with E-state index in [0.29, 0.717) is 6.54 Å². The second-order valence-corrected chi connectivity index (χ2v) is 11.1. The van der Waals surface area contributed by atoms with Crippen molar-refractivity contribution in [1.82, 2.24) is 25.2 Å². The van der Waals surface area contributed by atoms with Gasteiger partial charge in [0.05, 0.1) is 29.9 Å². The highest BCUT2D eigenvalue weighted by atomic mass is 16.5. The molecule has 0 aliphatic carbocycles. The van der Waals surface area contributed by atoms with E-state index >= 15 is 0 Å². The summed E-state index contributed by atoms with van der Waals surface area (Å²) in [5.74, 6) is 7.12. The zero-order valence-corrected chi connectivity index (χ0v) is 24.4. The minimum Gasteiger partial charge on any atom is -0.453 e. The van der Waals surface area contributed by atoms with Crippen molar-refractivity contribution in [2.45, 2.75) is 38.8 Å². The number of fused-ring (bicyclic) bond motifs is 2. The molecule has 9 heteroatoms. The number of alkyl carbamates (subject to hydrolysis) is 1. The van der Waals surface area contributed by atoms with Crippen LogP contribution in [0.3, 0.4) is 0 Å². The molecule has 6 rings (SSSR count). The molecule has 0 radical (unpaired) electrons. The molecule has 4 N–H and O–H groups in total. The van der Waals surface area contributed by atoms with E-state index in [9.17, 15) is 9.59 Å². The third kappa shape index (κ3) is 5.90. The molecule has 5 aromatic rings. The van der Waals surface area contributed by atoms with E-state index in [-0.39, 0.29) is 17.9 Å². The van der Waals surface area contributed by atoms with Crippen LogP contribution in [0.4, 0.5) is 16.2 Å². The van der Waals surface area contributed by atoms with Crippen LogP contribution >= 0.6 is 0 Å². The minimum absolute atomic E-state index is 0.0886. The number of amides is 2. The molecule has 1 fully saturated rings. The van der Waals surface area contributed by atoms with Crippen molar-refractivity contribution in [3.8, 4) is 11.8 Å². The number of benzene rings is 3. The number of imidazole rings is 1. The van der Waals surface area contributed by atoms with Gasteiger partial charge in [0.15, 0.2) is 0 Å². The maximum Gasteiger partial charge on any atom is 0.407 e. The summed E-state index contributed by atoms with van der Waals surface area (Å²) in [4.78, 5) is 38.7. The number of H-pyrrole nitrogens is 2. The van der Waals surface area contributed by atoms with E-state index in [1.807, 2.05) is 85.6 Å². The number of methoxy groups -OCH3 is 1. The smallest absolute Gasteiger partial charge is 0.407 e. The molecule has 0 unspecified atom stereocenters. The molecule has 3 heterocycles. The number of carbonyl (C=O) groups excluding carboxylic acids is 2. The number of rotatable bonds is 6. The Bertz CT molecular complexity index is 1850. The van der Waals surface area contributed by atoms with Crippen LogP contribution in [0.15, 0.2) is 72.9 Å². The molecular weight excluding hydrogens is 540 g/mol. The number of nitrogens with one attached hydrogen (secondary N) is 4.